The number of nitrogens with two attached hydrogens (primary N) is 1. The molecule has 0 spiro atoms. The van der Waals surface area contributed by atoms with E-state index < -0.39 is 5.54 Å². The van der Waals surface area contributed by atoms with Crippen LogP contribution < -0.4 is 16.4 Å². The summed E-state index contributed by atoms with van der Waals surface area (Å²) in [5.41, 5.74) is 4.69. The summed E-state index contributed by atoms with van der Waals surface area (Å²) in [5, 5.41) is 5.33. The Bertz CT molecular complexity index is 232. The first-order valence-corrected chi connectivity index (χ1v) is 4.26. The van der Waals surface area contributed by atoms with Crippen LogP contribution in [0.5, 0.6) is 0 Å². The van der Waals surface area contributed by atoms with Crippen molar-refractivity contribution in [1.29, 1.82) is 0 Å². The van der Waals surface area contributed by atoms with E-state index in [0.717, 1.165) is 0 Å². The number of carbonyl (C=O) groups excluding carboxylic acids is 2. The first-order valence-electron chi connectivity index (χ1n) is 4.26. The molecule has 1 rings (SSSR count). The third-order valence-electron chi connectivity index (χ3n) is 1.90. The van der Waals surface area contributed by atoms with Gasteiger partial charge in [-0.3, -0.25) is 9.59 Å². The van der Waals surface area contributed by atoms with Gasteiger partial charge in [-0.15, -0.1) is 0 Å². The first-order chi connectivity index (χ1) is 5.89. The maximum Gasteiger partial charge on any atom is 0.239 e. The smallest absolute Gasteiger partial charge is 0.239 e. The molecule has 1 unspecified atom stereocenters. The zero-order chi connectivity index (χ0) is 10.1. The first kappa shape index (κ1) is 9.98. The summed E-state index contributed by atoms with van der Waals surface area (Å²) in [7, 11) is 0. The van der Waals surface area contributed by atoms with Gasteiger partial charge in [0.15, 0.2) is 0 Å². The van der Waals surface area contributed by atoms with E-state index in [4.69, 9.17) is 5.73 Å². The van der Waals surface area contributed by atoms with E-state index in [-0.39, 0.29) is 17.9 Å². The monoisotopic (exact) mass is 185 g/mol. The molecule has 1 saturated heterocycles. The highest BCUT2D eigenvalue weighted by Gasteiger charge is 2.28. The van der Waals surface area contributed by atoms with Gasteiger partial charge < -0.3 is 16.4 Å². The second-order valence-electron chi connectivity index (χ2n) is 3.90. The summed E-state index contributed by atoms with van der Waals surface area (Å²) in [6, 6.07) is -0.108. The number of carbonyl (C=O) groups is 2. The van der Waals surface area contributed by atoms with Crippen molar-refractivity contribution in [3.8, 4) is 0 Å². The van der Waals surface area contributed by atoms with Crippen LogP contribution >= 0.6 is 0 Å². The quantitative estimate of drug-likeness (QED) is 0.501. The Hall–Kier alpha value is -1.10. The van der Waals surface area contributed by atoms with Crippen LogP contribution in [0.3, 0.4) is 0 Å². The van der Waals surface area contributed by atoms with Gasteiger partial charge in [0.05, 0.1) is 11.6 Å². The van der Waals surface area contributed by atoms with E-state index in [9.17, 15) is 9.59 Å². The molecule has 4 N–H and O–H groups in total. The highest BCUT2D eigenvalue weighted by atomic mass is 16.2. The average Bonchev–Trinajstić information content (AvgIpc) is 2.33. The number of rotatable bonds is 2. The van der Waals surface area contributed by atoms with Crippen LogP contribution in [0.4, 0.5) is 0 Å². The van der Waals surface area contributed by atoms with E-state index in [1.54, 1.807) is 13.8 Å². The lowest BCUT2D eigenvalue weighted by molar-refractivity contribution is -0.125. The molecule has 0 aromatic carbocycles. The molecule has 5 nitrogen and oxygen atoms in total. The van der Waals surface area contributed by atoms with Crippen LogP contribution in [0.2, 0.25) is 0 Å². The highest BCUT2D eigenvalue weighted by molar-refractivity contribution is 5.87. The van der Waals surface area contributed by atoms with Gasteiger partial charge in [0.1, 0.15) is 0 Å². The molecule has 0 saturated carbocycles. The lowest BCUT2D eigenvalue weighted by Crippen LogP contribution is -2.52. The molecule has 0 aromatic heterocycles. The SMILES string of the molecule is CC(C)(N)C(=O)NC1CNC(=O)C1. The predicted octanol–water partition coefficient (Wildman–Crippen LogP) is -1.27. The zero-order valence-electron chi connectivity index (χ0n) is 7.89. The van der Waals surface area contributed by atoms with E-state index in [1.807, 2.05) is 0 Å². The van der Waals surface area contributed by atoms with Gasteiger partial charge in [0, 0.05) is 13.0 Å². The van der Waals surface area contributed by atoms with Gasteiger partial charge in [-0.05, 0) is 13.8 Å². The van der Waals surface area contributed by atoms with Gasteiger partial charge in [0.25, 0.3) is 0 Å². The second-order valence-corrected chi connectivity index (χ2v) is 3.90. The number of hydrogen-bond donors (Lipinski definition) is 3. The Morgan fingerprint density at radius 1 is 1.69 bits per heavy atom. The number of hydrogen-bond acceptors (Lipinski definition) is 3. The second kappa shape index (κ2) is 3.33. The van der Waals surface area contributed by atoms with Crippen LogP contribution in [0.1, 0.15) is 20.3 Å². The largest absolute Gasteiger partial charge is 0.354 e. The van der Waals surface area contributed by atoms with Crippen LogP contribution in [0, 0.1) is 0 Å². The minimum absolute atomic E-state index is 0.0277. The van der Waals surface area contributed by atoms with Gasteiger partial charge in [-0.25, -0.2) is 0 Å². The molecule has 1 atom stereocenters. The predicted molar refractivity (Wildman–Crippen MR) is 47.8 cm³/mol. The maximum atomic E-state index is 11.4. The minimum Gasteiger partial charge on any atom is -0.354 e. The number of nitrogens with one attached hydrogen (secondary N) is 2. The fourth-order valence-electron chi connectivity index (χ4n) is 1.08. The van der Waals surface area contributed by atoms with Gasteiger partial charge in [0.2, 0.25) is 11.8 Å². The molecule has 0 aromatic rings. The molecule has 1 aliphatic heterocycles. The van der Waals surface area contributed by atoms with Crippen LogP contribution in [0.15, 0.2) is 0 Å². The van der Waals surface area contributed by atoms with Crippen molar-refractivity contribution in [3.05, 3.63) is 0 Å². The Kier molecular flexibility index (Phi) is 2.56. The van der Waals surface area contributed by atoms with E-state index >= 15 is 0 Å². The summed E-state index contributed by atoms with van der Waals surface area (Å²) < 4.78 is 0. The summed E-state index contributed by atoms with van der Waals surface area (Å²) in [4.78, 5) is 22.1. The van der Waals surface area contributed by atoms with Gasteiger partial charge >= 0.3 is 0 Å². The molecule has 0 aliphatic carbocycles. The van der Waals surface area contributed by atoms with Crippen molar-refractivity contribution in [3.63, 3.8) is 0 Å². The lowest BCUT2D eigenvalue weighted by atomic mass is 10.1. The van der Waals surface area contributed by atoms with E-state index in [1.165, 1.54) is 0 Å². The fourth-order valence-corrected chi connectivity index (χ4v) is 1.08. The third kappa shape index (κ3) is 2.69. The van der Waals surface area contributed by atoms with Crippen LogP contribution in [-0.2, 0) is 9.59 Å². The van der Waals surface area contributed by atoms with Crippen molar-refractivity contribution in [1.82, 2.24) is 10.6 Å². The molecule has 1 aliphatic rings. The molecule has 13 heavy (non-hydrogen) atoms. The van der Waals surface area contributed by atoms with Gasteiger partial charge in [-0.1, -0.05) is 0 Å². The Morgan fingerprint density at radius 2 is 2.31 bits per heavy atom. The Balaban J connectivity index is 2.42. The molecule has 0 radical (unpaired) electrons. The Labute approximate surface area is 77.1 Å². The average molecular weight is 185 g/mol. The topological polar surface area (TPSA) is 84.2 Å². The van der Waals surface area contributed by atoms with Gasteiger partial charge in [-0.2, -0.15) is 0 Å². The van der Waals surface area contributed by atoms with Crippen molar-refractivity contribution >= 4 is 11.8 Å². The molecule has 74 valence electrons. The van der Waals surface area contributed by atoms with Crippen molar-refractivity contribution < 1.29 is 9.59 Å². The van der Waals surface area contributed by atoms with Crippen LogP contribution in [0.25, 0.3) is 0 Å². The zero-order valence-corrected chi connectivity index (χ0v) is 7.89. The Morgan fingerprint density at radius 3 is 2.69 bits per heavy atom. The lowest BCUT2D eigenvalue weighted by Gasteiger charge is -2.20. The highest BCUT2D eigenvalue weighted by Crippen LogP contribution is 2.02. The van der Waals surface area contributed by atoms with E-state index in [2.05, 4.69) is 10.6 Å². The molecule has 5 heteroatoms. The summed E-state index contributed by atoms with van der Waals surface area (Å²) >= 11 is 0. The number of amides is 2. The maximum absolute atomic E-state index is 11.4. The summed E-state index contributed by atoms with van der Waals surface area (Å²) in [6.45, 7) is 3.76. The summed E-state index contributed by atoms with van der Waals surface area (Å²) in [5.74, 6) is -0.255. The molecule has 1 heterocycles. The van der Waals surface area contributed by atoms with Crippen molar-refractivity contribution in [2.45, 2.75) is 31.8 Å². The molecule has 2 amide bonds. The van der Waals surface area contributed by atoms with Crippen molar-refractivity contribution in [2.24, 2.45) is 5.73 Å². The molecular formula is C8H15N3O2. The van der Waals surface area contributed by atoms with E-state index in [0.29, 0.717) is 13.0 Å². The van der Waals surface area contributed by atoms with Crippen molar-refractivity contribution in [2.75, 3.05) is 6.54 Å². The summed E-state index contributed by atoms with van der Waals surface area (Å²) in [6.07, 6.45) is 0.349. The third-order valence-corrected chi connectivity index (χ3v) is 1.90. The normalized spacial score (nSPS) is 22.7. The molecule has 1 fully saturated rings. The van der Waals surface area contributed by atoms with Crippen LogP contribution in [-0.4, -0.2) is 29.9 Å². The standard InChI is InChI=1S/C8H15N3O2/c1-8(2,9)7(13)11-5-3-6(12)10-4-5/h5H,3-4,9H2,1-2H3,(H,10,12)(H,11,13). The molecule has 0 bridgehead atoms. The fraction of sp³-hybridized carbons (Fsp3) is 0.750. The minimum atomic E-state index is -0.883. The molecular weight excluding hydrogens is 170 g/mol.